The highest BCUT2D eigenvalue weighted by atomic mass is 35.5. The van der Waals surface area contributed by atoms with E-state index < -0.39 is 0 Å². The molecule has 102 valence electrons. The van der Waals surface area contributed by atoms with E-state index in [1.165, 1.54) is 0 Å². The predicted octanol–water partition coefficient (Wildman–Crippen LogP) is 3.00. The Kier molecular flexibility index (Phi) is 4.80. The average molecular weight is 280 g/mol. The lowest BCUT2D eigenvalue weighted by Gasteiger charge is -2.05. The highest BCUT2D eigenvalue weighted by Crippen LogP contribution is 2.22. The van der Waals surface area contributed by atoms with Gasteiger partial charge in [-0.2, -0.15) is 5.10 Å². The number of benzene rings is 1. The molecule has 1 aromatic heterocycles. The molecule has 0 fully saturated rings. The number of hydrogen-bond acceptors (Lipinski definition) is 2. The quantitative estimate of drug-likeness (QED) is 0.826. The second-order valence-electron chi connectivity index (χ2n) is 4.48. The van der Waals surface area contributed by atoms with Crippen molar-refractivity contribution in [2.45, 2.75) is 32.7 Å². The first-order valence-electron chi connectivity index (χ1n) is 6.60. The highest BCUT2D eigenvalue weighted by molar-refractivity contribution is 6.34. The summed E-state index contributed by atoms with van der Waals surface area (Å²) in [6, 6.07) is 7.77. The number of amides is 1. The Morgan fingerprint density at radius 1 is 1.42 bits per heavy atom. The van der Waals surface area contributed by atoms with Crippen LogP contribution in [0.4, 0.5) is 0 Å². The first kappa shape index (κ1) is 13.9. The normalized spacial score (nSPS) is 10.8. The molecule has 0 aliphatic carbocycles. The van der Waals surface area contributed by atoms with Crippen molar-refractivity contribution in [2.75, 3.05) is 6.54 Å². The third kappa shape index (κ3) is 3.47. The lowest BCUT2D eigenvalue weighted by molar-refractivity contribution is -0.121. The van der Waals surface area contributed by atoms with E-state index in [4.69, 9.17) is 11.6 Å². The van der Waals surface area contributed by atoms with E-state index >= 15 is 0 Å². The van der Waals surface area contributed by atoms with Gasteiger partial charge in [0.2, 0.25) is 5.91 Å². The topological polar surface area (TPSA) is 46.9 Å². The van der Waals surface area contributed by atoms with Gasteiger partial charge in [0, 0.05) is 18.4 Å². The van der Waals surface area contributed by atoms with Crippen molar-refractivity contribution < 1.29 is 4.79 Å². The first-order valence-corrected chi connectivity index (χ1v) is 6.98. The van der Waals surface area contributed by atoms with Crippen molar-refractivity contribution in [1.29, 1.82) is 0 Å². The summed E-state index contributed by atoms with van der Waals surface area (Å²) in [4.78, 5) is 11.6. The number of unbranched alkanes of at least 4 members (excludes halogenated alkanes) is 1. The molecule has 2 rings (SSSR count). The Bertz CT molecular complexity index is 565. The van der Waals surface area contributed by atoms with Crippen molar-refractivity contribution in [3.63, 3.8) is 0 Å². The molecule has 1 N–H and O–H groups in total. The monoisotopic (exact) mass is 279 g/mol. The summed E-state index contributed by atoms with van der Waals surface area (Å²) in [5, 5.41) is 8.57. The summed E-state index contributed by atoms with van der Waals surface area (Å²) in [5.74, 6) is 0.0594. The van der Waals surface area contributed by atoms with Gasteiger partial charge in [-0.15, -0.1) is 0 Å². The van der Waals surface area contributed by atoms with Crippen LogP contribution in [-0.4, -0.2) is 22.2 Å². The maximum atomic E-state index is 11.6. The highest BCUT2D eigenvalue weighted by Gasteiger charge is 2.09. The summed E-state index contributed by atoms with van der Waals surface area (Å²) < 4.78 is 1.79. The predicted molar refractivity (Wildman–Crippen MR) is 77.3 cm³/mol. The maximum Gasteiger partial charge on any atom is 0.221 e. The van der Waals surface area contributed by atoms with Crippen LogP contribution in [0.25, 0.3) is 10.9 Å². The standard InChI is InChI=1S/C14H18ClN3O/c1-2-3-9-16-13(19)8-10-18-12-7-5-4-6-11(12)14(15)17-18/h4-7H,2-3,8-10H2,1H3,(H,16,19). The molecule has 0 unspecified atom stereocenters. The molecule has 0 aliphatic heterocycles. The van der Waals surface area contributed by atoms with Crippen LogP contribution in [0, 0.1) is 0 Å². The van der Waals surface area contributed by atoms with Crippen molar-refractivity contribution in [1.82, 2.24) is 15.1 Å². The molecule has 0 bridgehead atoms. The van der Waals surface area contributed by atoms with Gasteiger partial charge < -0.3 is 5.32 Å². The number of nitrogens with zero attached hydrogens (tertiary/aromatic N) is 2. The lowest BCUT2D eigenvalue weighted by atomic mass is 10.2. The molecular weight excluding hydrogens is 262 g/mol. The lowest BCUT2D eigenvalue weighted by Crippen LogP contribution is -2.25. The molecule has 0 radical (unpaired) electrons. The van der Waals surface area contributed by atoms with Gasteiger partial charge in [-0.25, -0.2) is 0 Å². The van der Waals surface area contributed by atoms with Gasteiger partial charge in [0.25, 0.3) is 0 Å². The SMILES string of the molecule is CCCCNC(=O)CCn1nc(Cl)c2ccccc21. The van der Waals surface area contributed by atoms with Gasteiger partial charge in [0.1, 0.15) is 0 Å². The van der Waals surface area contributed by atoms with Gasteiger partial charge in [0.05, 0.1) is 12.1 Å². The second kappa shape index (κ2) is 6.57. The van der Waals surface area contributed by atoms with Crippen LogP contribution >= 0.6 is 11.6 Å². The zero-order valence-electron chi connectivity index (χ0n) is 11.0. The number of aromatic nitrogens is 2. The van der Waals surface area contributed by atoms with Gasteiger partial charge in [-0.1, -0.05) is 37.1 Å². The number of carbonyl (C=O) groups excluding carboxylic acids is 1. The van der Waals surface area contributed by atoms with Crippen molar-refractivity contribution in [2.24, 2.45) is 0 Å². The van der Waals surface area contributed by atoms with Crippen LogP contribution in [0.15, 0.2) is 24.3 Å². The number of aryl methyl sites for hydroxylation is 1. The first-order chi connectivity index (χ1) is 9.22. The number of fused-ring (bicyclic) bond motifs is 1. The van der Waals surface area contributed by atoms with Crippen LogP contribution < -0.4 is 5.32 Å². The number of halogens is 1. The molecule has 0 saturated carbocycles. The van der Waals surface area contributed by atoms with Crippen molar-refractivity contribution >= 4 is 28.4 Å². The molecule has 2 aromatic rings. The van der Waals surface area contributed by atoms with Gasteiger partial charge in [0.15, 0.2) is 5.15 Å². The average Bonchev–Trinajstić information content (AvgIpc) is 2.74. The molecule has 0 atom stereocenters. The Morgan fingerprint density at radius 3 is 3.00 bits per heavy atom. The summed E-state index contributed by atoms with van der Waals surface area (Å²) in [7, 11) is 0. The number of para-hydroxylation sites is 1. The second-order valence-corrected chi connectivity index (χ2v) is 4.84. The molecule has 1 heterocycles. The van der Waals surface area contributed by atoms with E-state index in [0.29, 0.717) is 18.1 Å². The number of nitrogens with one attached hydrogen (secondary N) is 1. The Labute approximate surface area is 117 Å². The van der Waals surface area contributed by atoms with E-state index in [2.05, 4.69) is 17.3 Å². The molecule has 1 aromatic carbocycles. The van der Waals surface area contributed by atoms with Crippen molar-refractivity contribution in [3.05, 3.63) is 29.4 Å². The largest absolute Gasteiger partial charge is 0.356 e. The third-order valence-electron chi connectivity index (χ3n) is 3.02. The summed E-state index contributed by atoms with van der Waals surface area (Å²) in [6.45, 7) is 3.39. The summed E-state index contributed by atoms with van der Waals surface area (Å²) >= 11 is 6.06. The van der Waals surface area contributed by atoms with Crippen LogP contribution in [0.1, 0.15) is 26.2 Å². The minimum atomic E-state index is 0.0594. The maximum absolute atomic E-state index is 11.6. The van der Waals surface area contributed by atoms with E-state index in [1.807, 2.05) is 24.3 Å². The van der Waals surface area contributed by atoms with E-state index in [-0.39, 0.29) is 5.91 Å². The van der Waals surface area contributed by atoms with Crippen LogP contribution in [0.5, 0.6) is 0 Å². The number of carbonyl (C=O) groups is 1. The number of hydrogen-bond donors (Lipinski definition) is 1. The van der Waals surface area contributed by atoms with E-state index in [9.17, 15) is 4.79 Å². The minimum absolute atomic E-state index is 0.0594. The molecule has 0 saturated heterocycles. The Balaban J connectivity index is 1.96. The molecular formula is C14H18ClN3O. The van der Waals surface area contributed by atoms with Crippen LogP contribution in [0.3, 0.4) is 0 Å². The zero-order valence-corrected chi connectivity index (χ0v) is 11.8. The molecule has 5 heteroatoms. The fourth-order valence-electron chi connectivity index (χ4n) is 1.96. The molecule has 1 amide bonds. The Morgan fingerprint density at radius 2 is 2.21 bits per heavy atom. The fourth-order valence-corrected chi connectivity index (χ4v) is 2.21. The molecule has 0 spiro atoms. The van der Waals surface area contributed by atoms with Gasteiger partial charge in [-0.05, 0) is 18.6 Å². The summed E-state index contributed by atoms with van der Waals surface area (Å²) in [6.07, 6.45) is 2.52. The Hall–Kier alpha value is -1.55. The third-order valence-corrected chi connectivity index (χ3v) is 3.30. The number of rotatable bonds is 6. The minimum Gasteiger partial charge on any atom is -0.356 e. The van der Waals surface area contributed by atoms with E-state index in [1.54, 1.807) is 4.68 Å². The van der Waals surface area contributed by atoms with Gasteiger partial charge >= 0.3 is 0 Å². The van der Waals surface area contributed by atoms with E-state index in [0.717, 1.165) is 30.3 Å². The summed E-state index contributed by atoms with van der Waals surface area (Å²) in [5.41, 5.74) is 0.967. The van der Waals surface area contributed by atoms with Crippen LogP contribution in [-0.2, 0) is 11.3 Å². The molecule has 19 heavy (non-hydrogen) atoms. The fraction of sp³-hybridized carbons (Fsp3) is 0.429. The molecule has 0 aliphatic rings. The smallest absolute Gasteiger partial charge is 0.221 e. The zero-order chi connectivity index (χ0) is 13.7. The van der Waals surface area contributed by atoms with Crippen LogP contribution in [0.2, 0.25) is 5.15 Å². The molecule has 4 nitrogen and oxygen atoms in total. The van der Waals surface area contributed by atoms with Crippen molar-refractivity contribution in [3.8, 4) is 0 Å². The van der Waals surface area contributed by atoms with Gasteiger partial charge in [-0.3, -0.25) is 9.48 Å².